The van der Waals surface area contributed by atoms with Gasteiger partial charge in [-0.3, -0.25) is 14.9 Å². The van der Waals surface area contributed by atoms with Gasteiger partial charge in [-0.2, -0.15) is 10.2 Å². The number of aryl methyl sites for hydroxylation is 1. The van der Waals surface area contributed by atoms with E-state index in [1.54, 1.807) is 13.0 Å². The summed E-state index contributed by atoms with van der Waals surface area (Å²) in [5.74, 6) is -0.289. The quantitative estimate of drug-likeness (QED) is 0.290. The fourth-order valence-corrected chi connectivity index (χ4v) is 2.48. The van der Waals surface area contributed by atoms with Crippen LogP contribution in [-0.4, -0.2) is 30.6 Å². The summed E-state index contributed by atoms with van der Waals surface area (Å²) in [6, 6.07) is 12.0. The molecule has 0 unspecified atom stereocenters. The van der Waals surface area contributed by atoms with Gasteiger partial charge in [-0.05, 0) is 49.7 Å². The third kappa shape index (κ3) is 5.88. The Bertz CT molecular complexity index is 834. The molecule has 0 spiro atoms. The van der Waals surface area contributed by atoms with Crippen LogP contribution in [-0.2, 0) is 9.53 Å². The summed E-state index contributed by atoms with van der Waals surface area (Å²) in [7, 11) is 0. The van der Waals surface area contributed by atoms with Crippen LogP contribution < -0.4 is 4.90 Å². The Morgan fingerprint density at radius 2 is 1.89 bits per heavy atom. The van der Waals surface area contributed by atoms with Gasteiger partial charge >= 0.3 is 5.97 Å². The van der Waals surface area contributed by atoms with E-state index in [2.05, 4.69) is 15.1 Å². The van der Waals surface area contributed by atoms with E-state index in [4.69, 9.17) is 4.74 Å². The fraction of sp³-hybridized carbons (Fsp3) is 0.316. The zero-order valence-corrected chi connectivity index (χ0v) is 15.6. The van der Waals surface area contributed by atoms with Crippen molar-refractivity contribution in [3.8, 4) is 0 Å². The molecule has 0 N–H and O–H groups in total. The molecule has 0 atom stereocenters. The Morgan fingerprint density at radius 3 is 2.44 bits per heavy atom. The SMILES string of the molecule is CCN(CCOC(C)=O)c1ccc(/N=N/c2ccc([N+](=O)[O-])cc2C)cc1. The number of anilines is 1. The van der Waals surface area contributed by atoms with E-state index in [-0.39, 0.29) is 11.7 Å². The Balaban J connectivity index is 2.05. The molecular formula is C19H22N4O4. The first-order chi connectivity index (χ1) is 12.9. The smallest absolute Gasteiger partial charge is 0.302 e. The molecule has 8 nitrogen and oxygen atoms in total. The van der Waals surface area contributed by atoms with Gasteiger partial charge in [0.05, 0.1) is 22.8 Å². The second-order valence-corrected chi connectivity index (χ2v) is 5.86. The van der Waals surface area contributed by atoms with Crippen molar-refractivity contribution in [1.29, 1.82) is 0 Å². The number of hydrogen-bond donors (Lipinski definition) is 0. The minimum absolute atomic E-state index is 0.0317. The van der Waals surface area contributed by atoms with Crippen LogP contribution in [0.25, 0.3) is 0 Å². The van der Waals surface area contributed by atoms with Crippen molar-refractivity contribution in [3.63, 3.8) is 0 Å². The highest BCUT2D eigenvalue weighted by molar-refractivity contribution is 5.66. The van der Waals surface area contributed by atoms with Gasteiger partial charge < -0.3 is 9.64 Å². The third-order valence-electron chi connectivity index (χ3n) is 3.93. The molecule has 0 aliphatic heterocycles. The average Bonchev–Trinajstić information content (AvgIpc) is 2.64. The van der Waals surface area contributed by atoms with Gasteiger partial charge in [0.2, 0.25) is 0 Å². The zero-order valence-electron chi connectivity index (χ0n) is 15.6. The molecule has 0 aliphatic carbocycles. The molecule has 27 heavy (non-hydrogen) atoms. The number of azo groups is 1. The van der Waals surface area contributed by atoms with Crippen LogP contribution in [0.3, 0.4) is 0 Å². The van der Waals surface area contributed by atoms with Crippen LogP contribution in [0.2, 0.25) is 0 Å². The number of benzene rings is 2. The summed E-state index contributed by atoms with van der Waals surface area (Å²) in [4.78, 5) is 23.3. The predicted octanol–water partition coefficient (Wildman–Crippen LogP) is 4.71. The Hall–Kier alpha value is -3.29. The maximum absolute atomic E-state index is 10.9. The van der Waals surface area contributed by atoms with Crippen molar-refractivity contribution in [2.45, 2.75) is 20.8 Å². The van der Waals surface area contributed by atoms with E-state index in [1.807, 2.05) is 31.2 Å². The van der Waals surface area contributed by atoms with Crippen molar-refractivity contribution in [2.75, 3.05) is 24.6 Å². The number of rotatable bonds is 8. The minimum Gasteiger partial charge on any atom is -0.464 e. The number of non-ortho nitro benzene ring substituents is 1. The summed E-state index contributed by atoms with van der Waals surface area (Å²) in [5.41, 5.74) is 2.97. The van der Waals surface area contributed by atoms with Crippen LogP contribution in [0, 0.1) is 17.0 Å². The second-order valence-electron chi connectivity index (χ2n) is 5.86. The first-order valence-corrected chi connectivity index (χ1v) is 8.56. The standard InChI is InChI=1S/C19H22N4O4/c1-4-22(11-12-27-15(3)24)17-7-5-16(6-8-17)20-21-19-10-9-18(23(25)26)13-14(19)2/h5-10,13H,4,11-12H2,1-3H3/b21-20+. The second kappa shape index (κ2) is 9.42. The number of nitro benzene ring substituents is 1. The van der Waals surface area contributed by atoms with Gasteiger partial charge in [0.25, 0.3) is 5.69 Å². The van der Waals surface area contributed by atoms with E-state index in [0.29, 0.717) is 30.1 Å². The maximum Gasteiger partial charge on any atom is 0.302 e. The number of nitrogens with zero attached hydrogens (tertiary/aromatic N) is 4. The lowest BCUT2D eigenvalue weighted by atomic mass is 10.2. The normalized spacial score (nSPS) is 10.8. The molecule has 0 bridgehead atoms. The number of esters is 1. The molecule has 2 aromatic rings. The largest absolute Gasteiger partial charge is 0.464 e. The van der Waals surface area contributed by atoms with Crippen molar-refractivity contribution in [2.24, 2.45) is 10.2 Å². The lowest BCUT2D eigenvalue weighted by molar-refractivity contribution is -0.384. The van der Waals surface area contributed by atoms with Gasteiger partial charge in [-0.15, -0.1) is 0 Å². The highest BCUT2D eigenvalue weighted by atomic mass is 16.6. The molecule has 0 fully saturated rings. The van der Waals surface area contributed by atoms with Gasteiger partial charge in [-0.25, -0.2) is 0 Å². The molecule has 0 aliphatic rings. The van der Waals surface area contributed by atoms with Gasteiger partial charge in [-0.1, -0.05) is 0 Å². The van der Waals surface area contributed by atoms with E-state index in [9.17, 15) is 14.9 Å². The van der Waals surface area contributed by atoms with E-state index in [1.165, 1.54) is 19.1 Å². The molecule has 0 saturated heterocycles. The summed E-state index contributed by atoms with van der Waals surface area (Å²) in [6.07, 6.45) is 0. The monoisotopic (exact) mass is 370 g/mol. The molecule has 0 saturated carbocycles. The highest BCUT2D eigenvalue weighted by Gasteiger charge is 2.08. The number of likely N-dealkylation sites (N-methyl/N-ethyl adjacent to an activating group) is 1. The molecule has 8 heteroatoms. The molecule has 0 amide bonds. The molecule has 0 radical (unpaired) electrons. The Kier molecular flexibility index (Phi) is 6.99. The fourth-order valence-electron chi connectivity index (χ4n) is 2.48. The third-order valence-corrected chi connectivity index (χ3v) is 3.93. The number of hydrogen-bond acceptors (Lipinski definition) is 7. The Labute approximate surface area is 157 Å². The summed E-state index contributed by atoms with van der Waals surface area (Å²) in [6.45, 7) is 6.90. The number of carbonyl (C=O) groups is 1. The first-order valence-electron chi connectivity index (χ1n) is 8.56. The first kappa shape index (κ1) is 20.0. The minimum atomic E-state index is -0.437. The number of carbonyl (C=O) groups excluding carboxylic acids is 1. The molecule has 0 aromatic heterocycles. The average molecular weight is 370 g/mol. The number of ether oxygens (including phenoxy) is 1. The molecular weight excluding hydrogens is 348 g/mol. The summed E-state index contributed by atoms with van der Waals surface area (Å²) in [5, 5.41) is 19.1. The van der Waals surface area contributed by atoms with Crippen molar-refractivity contribution in [3.05, 3.63) is 58.1 Å². The predicted molar refractivity (Wildman–Crippen MR) is 103 cm³/mol. The van der Waals surface area contributed by atoms with Crippen molar-refractivity contribution in [1.82, 2.24) is 0 Å². The van der Waals surface area contributed by atoms with Crippen LogP contribution in [0.4, 0.5) is 22.7 Å². The van der Waals surface area contributed by atoms with Crippen LogP contribution in [0.5, 0.6) is 0 Å². The van der Waals surface area contributed by atoms with E-state index >= 15 is 0 Å². The van der Waals surface area contributed by atoms with Gasteiger partial charge in [0, 0.05) is 31.3 Å². The lowest BCUT2D eigenvalue weighted by Crippen LogP contribution is -2.27. The molecule has 0 heterocycles. The summed E-state index contributed by atoms with van der Waals surface area (Å²) >= 11 is 0. The van der Waals surface area contributed by atoms with Crippen LogP contribution in [0.15, 0.2) is 52.7 Å². The van der Waals surface area contributed by atoms with Crippen molar-refractivity contribution >= 4 is 28.7 Å². The molecule has 2 rings (SSSR count). The number of nitro groups is 1. The highest BCUT2D eigenvalue weighted by Crippen LogP contribution is 2.26. The van der Waals surface area contributed by atoms with Crippen LogP contribution in [0.1, 0.15) is 19.4 Å². The Morgan fingerprint density at radius 1 is 1.19 bits per heavy atom. The van der Waals surface area contributed by atoms with Crippen LogP contribution >= 0.6 is 0 Å². The summed E-state index contributed by atoms with van der Waals surface area (Å²) < 4.78 is 4.99. The van der Waals surface area contributed by atoms with E-state index < -0.39 is 4.92 Å². The molecule has 2 aromatic carbocycles. The topological polar surface area (TPSA) is 97.4 Å². The zero-order chi connectivity index (χ0) is 19.8. The molecule has 142 valence electrons. The van der Waals surface area contributed by atoms with Crippen molar-refractivity contribution < 1.29 is 14.5 Å². The van der Waals surface area contributed by atoms with E-state index in [0.717, 1.165) is 12.2 Å². The maximum atomic E-state index is 10.9. The lowest BCUT2D eigenvalue weighted by Gasteiger charge is -2.22. The van der Waals surface area contributed by atoms with Gasteiger partial charge in [0.15, 0.2) is 0 Å². The van der Waals surface area contributed by atoms with Gasteiger partial charge in [0.1, 0.15) is 6.61 Å².